The first-order valence-electron chi connectivity index (χ1n) is 6.56. The van der Waals surface area contributed by atoms with Gasteiger partial charge in [0, 0.05) is 5.54 Å². The van der Waals surface area contributed by atoms with E-state index in [-0.39, 0.29) is 5.54 Å². The molecule has 0 unspecified atom stereocenters. The van der Waals surface area contributed by atoms with Gasteiger partial charge in [-0.15, -0.1) is 0 Å². The Morgan fingerprint density at radius 1 is 1.44 bits per heavy atom. The zero-order chi connectivity index (χ0) is 12.8. The van der Waals surface area contributed by atoms with E-state index >= 15 is 0 Å². The number of imidazole rings is 1. The van der Waals surface area contributed by atoms with Gasteiger partial charge in [-0.3, -0.25) is 0 Å². The van der Waals surface area contributed by atoms with Crippen LogP contribution in [-0.4, -0.2) is 16.2 Å². The number of nitrogens with zero attached hydrogens (tertiary/aromatic N) is 2. The first-order chi connectivity index (χ1) is 8.65. The Kier molecular flexibility index (Phi) is 2.47. The van der Waals surface area contributed by atoms with Crippen LogP contribution in [0.1, 0.15) is 33.1 Å². The fraction of sp³-hybridized carbons (Fsp3) is 0.500. The maximum atomic E-state index is 6.07. The number of benzene rings is 1. The van der Waals surface area contributed by atoms with Crippen molar-refractivity contribution in [3.05, 3.63) is 18.2 Å². The summed E-state index contributed by atoms with van der Waals surface area (Å²) in [5.41, 5.74) is 8.20. The molecule has 1 aromatic carbocycles. The molecule has 1 aliphatic rings. The lowest BCUT2D eigenvalue weighted by Crippen LogP contribution is -2.14. The van der Waals surface area contributed by atoms with E-state index in [9.17, 15) is 0 Å². The van der Waals surface area contributed by atoms with Crippen LogP contribution in [0.4, 0.5) is 5.95 Å². The number of para-hydroxylation sites is 1. The van der Waals surface area contributed by atoms with E-state index in [1.165, 1.54) is 12.8 Å². The van der Waals surface area contributed by atoms with Gasteiger partial charge in [-0.2, -0.15) is 0 Å². The minimum absolute atomic E-state index is 0.155. The third-order valence-electron chi connectivity index (χ3n) is 3.65. The van der Waals surface area contributed by atoms with E-state index in [2.05, 4.69) is 29.5 Å². The number of ether oxygens (including phenoxy) is 1. The van der Waals surface area contributed by atoms with Crippen LogP contribution in [0.2, 0.25) is 0 Å². The van der Waals surface area contributed by atoms with E-state index in [4.69, 9.17) is 10.5 Å². The van der Waals surface area contributed by atoms with Crippen molar-refractivity contribution in [2.75, 3.05) is 12.3 Å². The molecular weight excluding hydrogens is 226 g/mol. The number of nitrogens with two attached hydrogens (primary N) is 1. The Balaban J connectivity index is 2.13. The van der Waals surface area contributed by atoms with E-state index in [0.717, 1.165) is 23.2 Å². The minimum atomic E-state index is 0.155. The highest BCUT2D eigenvalue weighted by molar-refractivity contribution is 5.84. The molecule has 4 nitrogen and oxygen atoms in total. The molecule has 0 amide bonds. The summed E-state index contributed by atoms with van der Waals surface area (Å²) in [6.45, 7) is 5.03. The first kappa shape index (κ1) is 11.4. The predicted molar refractivity (Wildman–Crippen MR) is 72.8 cm³/mol. The standard InChI is InChI=1S/C14H19N3O/c1-3-9-18-11-6-4-5-10-12(11)16-13(15)17(10)14(2)7-8-14/h4-6H,3,7-9H2,1-2H3,(H2,15,16). The van der Waals surface area contributed by atoms with Crippen LogP contribution in [0.5, 0.6) is 5.75 Å². The smallest absolute Gasteiger partial charge is 0.201 e. The third kappa shape index (κ3) is 1.64. The number of nitrogen functional groups attached to an aromatic ring is 1. The molecule has 0 bridgehead atoms. The molecule has 0 radical (unpaired) electrons. The quantitative estimate of drug-likeness (QED) is 0.901. The molecule has 2 N–H and O–H groups in total. The summed E-state index contributed by atoms with van der Waals surface area (Å²) >= 11 is 0. The molecule has 2 aromatic rings. The summed E-state index contributed by atoms with van der Waals surface area (Å²) in [4.78, 5) is 4.49. The Hall–Kier alpha value is -1.71. The molecule has 1 fully saturated rings. The van der Waals surface area contributed by atoms with Gasteiger partial charge in [0.2, 0.25) is 5.95 Å². The molecule has 0 aliphatic heterocycles. The Labute approximate surface area is 107 Å². The average Bonchev–Trinajstić information content (AvgIpc) is 2.98. The van der Waals surface area contributed by atoms with Gasteiger partial charge >= 0.3 is 0 Å². The lowest BCUT2D eigenvalue weighted by molar-refractivity contribution is 0.320. The average molecular weight is 245 g/mol. The molecule has 0 saturated heterocycles. The fourth-order valence-corrected chi connectivity index (χ4v) is 2.39. The van der Waals surface area contributed by atoms with Crippen LogP contribution < -0.4 is 10.5 Å². The van der Waals surface area contributed by atoms with Crippen molar-refractivity contribution in [2.24, 2.45) is 0 Å². The van der Waals surface area contributed by atoms with Gasteiger partial charge in [-0.05, 0) is 38.3 Å². The predicted octanol–water partition coefficient (Wildman–Crippen LogP) is 2.92. The van der Waals surface area contributed by atoms with Crippen molar-refractivity contribution in [3.8, 4) is 5.75 Å². The summed E-state index contributed by atoms with van der Waals surface area (Å²) in [6.07, 6.45) is 3.33. The van der Waals surface area contributed by atoms with Crippen LogP contribution in [-0.2, 0) is 5.54 Å². The van der Waals surface area contributed by atoms with Crippen LogP contribution in [0.3, 0.4) is 0 Å². The minimum Gasteiger partial charge on any atom is -0.491 e. The van der Waals surface area contributed by atoms with E-state index < -0.39 is 0 Å². The van der Waals surface area contributed by atoms with Crippen molar-refractivity contribution in [1.29, 1.82) is 0 Å². The molecular formula is C14H19N3O. The van der Waals surface area contributed by atoms with Crippen LogP contribution in [0.25, 0.3) is 11.0 Å². The number of hydrogen-bond acceptors (Lipinski definition) is 3. The highest BCUT2D eigenvalue weighted by atomic mass is 16.5. The second-order valence-electron chi connectivity index (χ2n) is 5.27. The molecule has 96 valence electrons. The first-order valence-corrected chi connectivity index (χ1v) is 6.56. The van der Waals surface area contributed by atoms with E-state index in [1.54, 1.807) is 0 Å². The summed E-state index contributed by atoms with van der Waals surface area (Å²) in [6, 6.07) is 6.04. The van der Waals surface area contributed by atoms with Gasteiger partial charge in [0.25, 0.3) is 0 Å². The number of anilines is 1. The molecule has 4 heteroatoms. The SMILES string of the molecule is CCCOc1cccc2c1nc(N)n2C1(C)CC1. The summed E-state index contributed by atoms with van der Waals surface area (Å²) in [7, 11) is 0. The van der Waals surface area contributed by atoms with Crippen LogP contribution >= 0.6 is 0 Å². The van der Waals surface area contributed by atoms with Gasteiger partial charge < -0.3 is 15.0 Å². The largest absolute Gasteiger partial charge is 0.491 e. The number of rotatable bonds is 4. The highest BCUT2D eigenvalue weighted by Crippen LogP contribution is 2.46. The van der Waals surface area contributed by atoms with Crippen LogP contribution in [0.15, 0.2) is 18.2 Å². The maximum absolute atomic E-state index is 6.07. The molecule has 1 aliphatic carbocycles. The fourth-order valence-electron chi connectivity index (χ4n) is 2.39. The number of hydrogen-bond donors (Lipinski definition) is 1. The Morgan fingerprint density at radius 2 is 2.22 bits per heavy atom. The monoisotopic (exact) mass is 245 g/mol. The Bertz CT molecular complexity index is 584. The van der Waals surface area contributed by atoms with Gasteiger partial charge in [-0.25, -0.2) is 4.98 Å². The second kappa shape index (κ2) is 3.90. The molecule has 3 rings (SSSR count). The molecule has 18 heavy (non-hydrogen) atoms. The van der Waals surface area contributed by atoms with Gasteiger partial charge in [-0.1, -0.05) is 13.0 Å². The zero-order valence-electron chi connectivity index (χ0n) is 10.9. The van der Waals surface area contributed by atoms with Gasteiger partial charge in [0.15, 0.2) is 0 Å². The summed E-state index contributed by atoms with van der Waals surface area (Å²) in [5.74, 6) is 1.43. The third-order valence-corrected chi connectivity index (χ3v) is 3.65. The second-order valence-corrected chi connectivity index (χ2v) is 5.27. The summed E-state index contributed by atoms with van der Waals surface area (Å²) in [5, 5.41) is 0. The number of fused-ring (bicyclic) bond motifs is 1. The molecule has 1 aromatic heterocycles. The van der Waals surface area contributed by atoms with Crippen molar-refractivity contribution in [3.63, 3.8) is 0 Å². The van der Waals surface area contributed by atoms with Crippen LogP contribution in [0, 0.1) is 0 Å². The zero-order valence-corrected chi connectivity index (χ0v) is 10.9. The lowest BCUT2D eigenvalue weighted by Gasteiger charge is -2.13. The highest BCUT2D eigenvalue weighted by Gasteiger charge is 2.41. The molecule has 1 heterocycles. The van der Waals surface area contributed by atoms with Crippen molar-refractivity contribution in [1.82, 2.24) is 9.55 Å². The normalized spacial score (nSPS) is 17.0. The van der Waals surface area contributed by atoms with Crippen molar-refractivity contribution < 1.29 is 4.74 Å². The summed E-state index contributed by atoms with van der Waals surface area (Å²) < 4.78 is 7.89. The van der Waals surface area contributed by atoms with Crippen molar-refractivity contribution in [2.45, 2.75) is 38.6 Å². The topological polar surface area (TPSA) is 53.1 Å². The van der Waals surface area contributed by atoms with Gasteiger partial charge in [0.05, 0.1) is 12.1 Å². The van der Waals surface area contributed by atoms with E-state index in [1.807, 2.05) is 12.1 Å². The van der Waals surface area contributed by atoms with E-state index in [0.29, 0.717) is 12.6 Å². The molecule has 0 atom stereocenters. The number of aromatic nitrogens is 2. The van der Waals surface area contributed by atoms with Crippen molar-refractivity contribution >= 4 is 17.0 Å². The lowest BCUT2D eigenvalue weighted by atomic mass is 10.2. The van der Waals surface area contributed by atoms with Gasteiger partial charge in [0.1, 0.15) is 11.3 Å². The Morgan fingerprint density at radius 3 is 2.89 bits per heavy atom. The molecule has 0 spiro atoms. The molecule has 1 saturated carbocycles. The maximum Gasteiger partial charge on any atom is 0.201 e.